The van der Waals surface area contributed by atoms with Gasteiger partial charge in [-0.3, -0.25) is 14.5 Å². The van der Waals surface area contributed by atoms with Crippen LogP contribution in [-0.2, 0) is 15.1 Å². The second-order valence-electron chi connectivity index (χ2n) is 14.6. The summed E-state index contributed by atoms with van der Waals surface area (Å²) < 4.78 is 101. The van der Waals surface area contributed by atoms with E-state index in [0.717, 1.165) is 23.5 Å². The average Bonchev–Trinajstić information content (AvgIpc) is 3.42. The van der Waals surface area contributed by atoms with Gasteiger partial charge in [0.15, 0.2) is 17.3 Å². The molecule has 1 fully saturated rings. The lowest BCUT2D eigenvalue weighted by molar-refractivity contribution is -0.164. The molecule has 2 atom stereocenters. The highest BCUT2D eigenvalue weighted by Crippen LogP contribution is 2.49. The molecule has 56 heavy (non-hydrogen) atoms. The average molecular weight is 793 g/mol. The van der Waals surface area contributed by atoms with Crippen molar-refractivity contribution in [2.45, 2.75) is 76.4 Å². The van der Waals surface area contributed by atoms with Gasteiger partial charge in [0.1, 0.15) is 18.5 Å². The van der Waals surface area contributed by atoms with Gasteiger partial charge in [0, 0.05) is 17.3 Å². The first kappa shape index (κ1) is 39.7. The largest absolute Gasteiger partial charge is 0.447 e. The minimum atomic E-state index is -4.78. The van der Waals surface area contributed by atoms with Gasteiger partial charge < -0.3 is 21.5 Å². The van der Waals surface area contributed by atoms with E-state index in [0.29, 0.717) is 21.4 Å². The number of carbonyl (C=O) groups excluding carboxylic acids is 3. The van der Waals surface area contributed by atoms with E-state index >= 15 is 0 Å². The molecule has 0 radical (unpaired) electrons. The Morgan fingerprint density at radius 1 is 0.982 bits per heavy atom. The molecule has 6 rings (SSSR count). The Morgan fingerprint density at radius 2 is 1.66 bits per heavy atom. The number of alkyl carbamates (subject to hydrolysis) is 1. The zero-order chi connectivity index (χ0) is 41.0. The summed E-state index contributed by atoms with van der Waals surface area (Å²) in [7, 11) is 0. The van der Waals surface area contributed by atoms with E-state index in [2.05, 4.69) is 20.2 Å². The molecule has 2 aliphatic rings. The number of nitrogens with two attached hydrogens (primary N) is 2. The number of hydrogen-bond acceptors (Lipinski definition) is 9. The van der Waals surface area contributed by atoms with Crippen LogP contribution in [0.3, 0.4) is 0 Å². The zero-order valence-corrected chi connectivity index (χ0v) is 29.9. The van der Waals surface area contributed by atoms with E-state index in [1.165, 1.54) is 18.3 Å². The van der Waals surface area contributed by atoms with Crippen molar-refractivity contribution in [2.75, 3.05) is 6.61 Å². The molecule has 1 saturated carbocycles. The fraction of sp³-hybridized carbons (Fsp3) is 0.400. The lowest BCUT2D eigenvalue weighted by Crippen LogP contribution is -2.50. The number of nitrogens with one attached hydrogen (secondary N) is 1. The standard InChI is InChI=1S/C35H35F7N10O4/c1-32(2,3)16-34(21-7-4-18(5-8-21)20-13-46-50(14-20)28(36)37)27(54)51(30(44)48-34)24(15-56-31(55)49-33(10-11-33)35(40,41)42)19-6-9-22(25(43)53)23(12-19)26-45-17-47-52(26)29(38)39/h4-9,12-14,17,24,28-29H,10-11,15-16H2,1-3H3,(H2,43,53)(H2,44,48)(H,49,55)/t24-,34-/m1/s1. The highest BCUT2D eigenvalue weighted by molar-refractivity contribution is 6.08. The third-order valence-corrected chi connectivity index (χ3v) is 9.42. The number of benzene rings is 2. The SMILES string of the molecule is CC(C)(C)C[C@]1(c2ccc(-c3cnn(C(F)F)c3)cc2)N=C(N)N([C@H](COC(=O)NC2(C(F)(F)F)CC2)c2ccc(C(N)=O)c(-c3ncnn3C(F)F)c2)C1=O. The molecular weight excluding hydrogens is 757 g/mol. The van der Waals surface area contributed by atoms with Crippen molar-refractivity contribution in [3.8, 4) is 22.5 Å². The first-order valence-corrected chi connectivity index (χ1v) is 16.9. The molecule has 2 aromatic carbocycles. The quantitative estimate of drug-likeness (QED) is 0.145. The van der Waals surface area contributed by atoms with Crippen LogP contribution in [0.2, 0.25) is 0 Å². The van der Waals surface area contributed by atoms with Crippen LogP contribution >= 0.6 is 0 Å². The molecule has 3 heterocycles. The Balaban J connectivity index is 1.43. The highest BCUT2D eigenvalue weighted by atomic mass is 19.4. The van der Waals surface area contributed by atoms with Crippen LogP contribution in [0.15, 0.2) is 66.2 Å². The third kappa shape index (κ3) is 7.48. The van der Waals surface area contributed by atoms with Gasteiger partial charge in [-0.1, -0.05) is 51.1 Å². The first-order valence-electron chi connectivity index (χ1n) is 16.9. The second kappa shape index (κ2) is 14.2. The van der Waals surface area contributed by atoms with Crippen LogP contribution in [0.4, 0.5) is 35.5 Å². The lowest BCUT2D eigenvalue weighted by atomic mass is 9.75. The molecule has 2 aromatic heterocycles. The van der Waals surface area contributed by atoms with Crippen LogP contribution in [-0.4, -0.2) is 71.6 Å². The van der Waals surface area contributed by atoms with Crippen molar-refractivity contribution in [3.63, 3.8) is 0 Å². The Kier molecular flexibility index (Phi) is 10.1. The maximum atomic E-state index is 14.9. The zero-order valence-electron chi connectivity index (χ0n) is 29.9. The molecule has 4 aromatic rings. The van der Waals surface area contributed by atoms with Gasteiger partial charge in [-0.25, -0.2) is 19.5 Å². The number of carbonyl (C=O) groups is 3. The van der Waals surface area contributed by atoms with Crippen LogP contribution in [0.1, 0.15) is 80.7 Å². The smallest absolute Gasteiger partial charge is 0.411 e. The summed E-state index contributed by atoms with van der Waals surface area (Å²) in [6, 6.07) is 8.37. The normalized spacial score (nSPS) is 18.7. The van der Waals surface area contributed by atoms with Crippen LogP contribution in [0.25, 0.3) is 22.5 Å². The monoisotopic (exact) mass is 792 g/mol. The Morgan fingerprint density at radius 3 is 2.21 bits per heavy atom. The molecule has 0 spiro atoms. The van der Waals surface area contributed by atoms with Crippen LogP contribution in [0, 0.1) is 5.41 Å². The number of alkyl halides is 7. The number of nitrogens with zero attached hydrogens (tertiary/aromatic N) is 7. The van der Waals surface area contributed by atoms with Crippen molar-refractivity contribution in [1.29, 1.82) is 0 Å². The summed E-state index contributed by atoms with van der Waals surface area (Å²) in [5.74, 6) is -2.70. The molecule has 0 unspecified atom stereocenters. The van der Waals surface area contributed by atoms with Gasteiger partial charge in [0.2, 0.25) is 5.91 Å². The lowest BCUT2D eigenvalue weighted by Gasteiger charge is -2.35. The van der Waals surface area contributed by atoms with Crippen LogP contribution < -0.4 is 16.8 Å². The van der Waals surface area contributed by atoms with Gasteiger partial charge >= 0.3 is 25.4 Å². The van der Waals surface area contributed by atoms with E-state index in [1.807, 2.05) is 26.1 Å². The Labute approximate surface area is 313 Å². The number of primary amides is 1. The maximum absolute atomic E-state index is 14.9. The number of aliphatic imine (C=N–C) groups is 1. The van der Waals surface area contributed by atoms with Gasteiger partial charge in [0.25, 0.3) is 5.91 Å². The van der Waals surface area contributed by atoms with Gasteiger partial charge in [-0.2, -0.15) is 45.6 Å². The van der Waals surface area contributed by atoms with Crippen LogP contribution in [0.5, 0.6) is 0 Å². The number of guanidine groups is 1. The number of ether oxygens (including phenoxy) is 1. The van der Waals surface area contributed by atoms with Crippen molar-refractivity contribution in [2.24, 2.45) is 21.9 Å². The Hall–Kier alpha value is -6.02. The molecule has 298 valence electrons. The highest BCUT2D eigenvalue weighted by Gasteiger charge is 2.64. The Bertz CT molecular complexity index is 2170. The number of rotatable bonds is 12. The molecule has 3 amide bonds. The van der Waals surface area contributed by atoms with Crippen molar-refractivity contribution < 1.29 is 49.9 Å². The predicted molar refractivity (Wildman–Crippen MR) is 184 cm³/mol. The molecule has 14 nitrogen and oxygen atoms in total. The van der Waals surface area contributed by atoms with E-state index in [-0.39, 0.29) is 40.6 Å². The topological polar surface area (TPSA) is 189 Å². The van der Waals surface area contributed by atoms with Crippen molar-refractivity contribution >= 4 is 23.9 Å². The molecule has 1 aliphatic heterocycles. The first-order chi connectivity index (χ1) is 26.2. The minimum absolute atomic E-state index is 0.00280. The number of amides is 3. The summed E-state index contributed by atoms with van der Waals surface area (Å²) >= 11 is 0. The summed E-state index contributed by atoms with van der Waals surface area (Å²) in [6.07, 6.45) is -3.79. The number of hydrogen-bond donors (Lipinski definition) is 3. The van der Waals surface area contributed by atoms with E-state index in [9.17, 15) is 45.1 Å². The van der Waals surface area contributed by atoms with Gasteiger partial charge in [-0.15, -0.1) is 0 Å². The fourth-order valence-corrected chi connectivity index (χ4v) is 6.67. The third-order valence-electron chi connectivity index (χ3n) is 9.42. The molecule has 5 N–H and O–H groups in total. The van der Waals surface area contributed by atoms with E-state index in [1.54, 1.807) is 24.3 Å². The van der Waals surface area contributed by atoms with Crippen molar-refractivity contribution in [3.05, 3.63) is 77.9 Å². The van der Waals surface area contributed by atoms with Gasteiger partial charge in [0.05, 0.1) is 17.8 Å². The second-order valence-corrected chi connectivity index (χ2v) is 14.6. The predicted octanol–water partition coefficient (Wildman–Crippen LogP) is 6.05. The van der Waals surface area contributed by atoms with Gasteiger partial charge in [-0.05, 0) is 53.5 Å². The summed E-state index contributed by atoms with van der Waals surface area (Å²) in [5.41, 5.74) is 7.82. The van der Waals surface area contributed by atoms with E-state index in [4.69, 9.17) is 16.2 Å². The molecule has 21 heteroatoms. The minimum Gasteiger partial charge on any atom is -0.447 e. The van der Waals surface area contributed by atoms with Crippen molar-refractivity contribution in [1.82, 2.24) is 34.8 Å². The summed E-state index contributed by atoms with van der Waals surface area (Å²) in [6.45, 7) is -1.43. The maximum Gasteiger partial charge on any atom is 0.411 e. The summed E-state index contributed by atoms with van der Waals surface area (Å²) in [4.78, 5) is 49.8. The molecule has 0 bridgehead atoms. The fourth-order valence-electron chi connectivity index (χ4n) is 6.67. The van der Waals surface area contributed by atoms with E-state index < -0.39 is 78.1 Å². The molecule has 0 saturated heterocycles. The number of halogens is 7. The molecular formula is C35H35F7N10O4. The summed E-state index contributed by atoms with van der Waals surface area (Å²) in [5, 5.41) is 8.99. The molecule has 1 aliphatic carbocycles. The number of aromatic nitrogens is 5.